The maximum absolute atomic E-state index is 14.0. The highest BCUT2D eigenvalue weighted by Crippen LogP contribution is 2.44. The number of fused-ring (bicyclic) bond motifs is 2. The Hall–Kier alpha value is -2.53. The first kappa shape index (κ1) is 31.9. The number of hydrogen-bond acceptors (Lipinski definition) is 6. The number of aldehydes is 1. The molecule has 4 heterocycles. The number of aromatic nitrogens is 1. The number of likely N-dealkylation sites (tertiary alicyclic amines) is 1. The Morgan fingerprint density at radius 2 is 1.93 bits per heavy atom. The van der Waals surface area contributed by atoms with Crippen molar-refractivity contribution in [3.63, 3.8) is 0 Å². The summed E-state index contributed by atoms with van der Waals surface area (Å²) in [6.45, 7) is 11.6. The normalized spacial score (nSPS) is 29.1. The van der Waals surface area contributed by atoms with Gasteiger partial charge < -0.3 is 24.7 Å². The summed E-state index contributed by atoms with van der Waals surface area (Å²) in [5, 5.41) is 4.26. The van der Waals surface area contributed by atoms with E-state index in [0.717, 1.165) is 59.3 Å². The summed E-state index contributed by atoms with van der Waals surface area (Å²) >= 11 is 3.70. The summed E-state index contributed by atoms with van der Waals surface area (Å²) in [6.07, 6.45) is 4.95. The van der Waals surface area contributed by atoms with Crippen LogP contribution < -0.4 is 5.32 Å². The molecule has 2 saturated heterocycles. The number of amides is 2. The quantitative estimate of drug-likeness (QED) is 0.448. The predicted octanol–water partition coefficient (Wildman–Crippen LogP) is 4.41. The Kier molecular flexibility index (Phi) is 9.24. The minimum atomic E-state index is -1.52. The van der Waals surface area contributed by atoms with Crippen LogP contribution in [0.3, 0.4) is 0 Å². The smallest absolute Gasteiger partial charge is 0.278 e. The average molecular weight is 657 g/mol. The standard InChI is InChI=1S/C29H36BrN5O4.C4H10/c1-16(2)29(28(38)35(11-12-36)27(39-29)22-9-6-10-33(22)3)32-26(37)17-13-19-18-7-5-8-21-24(18)20(25(30)31-21)14-23(19)34(4)15-17;1-4(2)3/h5,7-8,12-13,16-17,22-23,27,31H,6,9-11,14-15H2,1-4H3,(H,32,37);4H,1-3H3. The van der Waals surface area contributed by atoms with Crippen LogP contribution in [0.1, 0.15) is 58.6 Å². The largest absolute Gasteiger partial charge is 0.349 e. The molecule has 2 N–H and O–H groups in total. The number of ether oxygens (including phenoxy) is 1. The average Bonchev–Trinajstić information content (AvgIpc) is 3.59. The van der Waals surface area contributed by atoms with Gasteiger partial charge in [-0.2, -0.15) is 0 Å². The second kappa shape index (κ2) is 12.5. The second-order valence-electron chi connectivity index (χ2n) is 13.5. The first-order chi connectivity index (χ1) is 20.4. The molecule has 3 aliphatic heterocycles. The fourth-order valence-corrected chi connectivity index (χ4v) is 7.60. The van der Waals surface area contributed by atoms with Crippen molar-refractivity contribution in [2.75, 3.05) is 33.7 Å². The van der Waals surface area contributed by atoms with Crippen LogP contribution in [-0.2, 0) is 25.5 Å². The van der Waals surface area contributed by atoms with Crippen LogP contribution in [0.5, 0.6) is 0 Å². The zero-order valence-electron chi connectivity index (χ0n) is 26.4. The molecule has 1 aromatic carbocycles. The van der Waals surface area contributed by atoms with Crippen LogP contribution in [0, 0.1) is 17.8 Å². The van der Waals surface area contributed by atoms with Crippen molar-refractivity contribution in [2.24, 2.45) is 17.8 Å². The van der Waals surface area contributed by atoms with Crippen LogP contribution in [0.2, 0.25) is 0 Å². The zero-order valence-corrected chi connectivity index (χ0v) is 28.0. The molecule has 0 radical (unpaired) electrons. The molecule has 234 valence electrons. The highest BCUT2D eigenvalue weighted by molar-refractivity contribution is 9.10. The topological polar surface area (TPSA) is 98.0 Å². The lowest BCUT2D eigenvalue weighted by atomic mass is 9.79. The van der Waals surface area contributed by atoms with E-state index in [1.54, 1.807) is 0 Å². The predicted molar refractivity (Wildman–Crippen MR) is 172 cm³/mol. The maximum atomic E-state index is 14.0. The minimum Gasteiger partial charge on any atom is -0.349 e. The van der Waals surface area contributed by atoms with E-state index in [4.69, 9.17) is 4.74 Å². The van der Waals surface area contributed by atoms with Crippen LogP contribution >= 0.6 is 15.9 Å². The monoisotopic (exact) mass is 655 g/mol. The number of benzene rings is 1. The number of hydrogen-bond donors (Lipinski definition) is 2. The van der Waals surface area contributed by atoms with Gasteiger partial charge in [0.25, 0.3) is 5.91 Å². The van der Waals surface area contributed by atoms with Crippen molar-refractivity contribution in [1.82, 2.24) is 25.0 Å². The molecule has 1 aliphatic carbocycles. The van der Waals surface area contributed by atoms with E-state index in [0.29, 0.717) is 6.54 Å². The highest BCUT2D eigenvalue weighted by Gasteiger charge is 2.58. The van der Waals surface area contributed by atoms with Gasteiger partial charge in [-0.3, -0.25) is 19.4 Å². The van der Waals surface area contributed by atoms with E-state index in [2.05, 4.69) is 82.1 Å². The molecule has 6 rings (SSSR count). The summed E-state index contributed by atoms with van der Waals surface area (Å²) in [5.74, 6) is -0.540. The molecule has 2 aromatic rings. The minimum absolute atomic E-state index is 0.0206. The second-order valence-corrected chi connectivity index (χ2v) is 14.3. The van der Waals surface area contributed by atoms with Crippen molar-refractivity contribution in [3.05, 3.63) is 40.0 Å². The Bertz CT molecular complexity index is 1420. The van der Waals surface area contributed by atoms with E-state index < -0.39 is 17.9 Å². The number of carbonyl (C=O) groups is 3. The molecule has 2 fully saturated rings. The third kappa shape index (κ3) is 5.72. The number of H-pyrrole nitrogens is 1. The lowest BCUT2D eigenvalue weighted by Crippen LogP contribution is -2.60. The van der Waals surface area contributed by atoms with Gasteiger partial charge >= 0.3 is 0 Å². The Morgan fingerprint density at radius 3 is 2.56 bits per heavy atom. The van der Waals surface area contributed by atoms with E-state index >= 15 is 0 Å². The van der Waals surface area contributed by atoms with Gasteiger partial charge in [0, 0.05) is 29.4 Å². The molecule has 0 bridgehead atoms. The molecule has 1 aromatic heterocycles. The Morgan fingerprint density at radius 1 is 1.21 bits per heavy atom. The van der Waals surface area contributed by atoms with Crippen LogP contribution in [0.4, 0.5) is 0 Å². The van der Waals surface area contributed by atoms with Gasteiger partial charge in [-0.15, -0.1) is 0 Å². The third-order valence-electron chi connectivity index (χ3n) is 9.17. The summed E-state index contributed by atoms with van der Waals surface area (Å²) < 4.78 is 7.54. The van der Waals surface area contributed by atoms with Crippen molar-refractivity contribution >= 4 is 50.5 Å². The molecular weight excluding hydrogens is 610 g/mol. The van der Waals surface area contributed by atoms with E-state index in [9.17, 15) is 14.4 Å². The van der Waals surface area contributed by atoms with Crippen LogP contribution in [-0.4, -0.2) is 95.6 Å². The molecule has 0 spiro atoms. The molecule has 10 heteroatoms. The van der Waals surface area contributed by atoms with Gasteiger partial charge in [0.15, 0.2) is 6.23 Å². The lowest BCUT2D eigenvalue weighted by molar-refractivity contribution is -0.158. The van der Waals surface area contributed by atoms with Crippen molar-refractivity contribution in [2.45, 2.75) is 77.9 Å². The van der Waals surface area contributed by atoms with Gasteiger partial charge in [0.05, 0.1) is 23.1 Å². The van der Waals surface area contributed by atoms with Gasteiger partial charge in [0.1, 0.15) is 6.29 Å². The van der Waals surface area contributed by atoms with E-state index in [-0.39, 0.29) is 36.4 Å². The van der Waals surface area contributed by atoms with Gasteiger partial charge in [-0.1, -0.05) is 52.8 Å². The van der Waals surface area contributed by atoms with E-state index in [1.807, 2.05) is 27.0 Å². The molecule has 9 nitrogen and oxygen atoms in total. The first-order valence-electron chi connectivity index (χ1n) is 15.6. The summed E-state index contributed by atoms with van der Waals surface area (Å²) in [7, 11) is 4.06. The van der Waals surface area contributed by atoms with Gasteiger partial charge in [0.2, 0.25) is 11.6 Å². The maximum Gasteiger partial charge on any atom is 0.278 e. The Balaban J connectivity index is 0.000000868. The number of halogens is 1. The van der Waals surface area contributed by atoms with Gasteiger partial charge in [-0.25, -0.2) is 0 Å². The number of nitrogens with one attached hydrogen (secondary N) is 2. The summed E-state index contributed by atoms with van der Waals surface area (Å²) in [5.41, 5.74) is 3.09. The molecule has 4 aliphatic rings. The summed E-state index contributed by atoms with van der Waals surface area (Å²) in [6, 6.07) is 6.37. The fourth-order valence-electron chi connectivity index (χ4n) is 7.03. The third-order valence-corrected chi connectivity index (χ3v) is 9.85. The fraction of sp³-hybridized carbons (Fsp3) is 0.606. The van der Waals surface area contributed by atoms with Gasteiger partial charge in [-0.05, 0) is 84.5 Å². The Labute approximate surface area is 263 Å². The molecule has 2 amide bonds. The molecular formula is C33H46BrN5O4. The number of carbonyl (C=O) groups excluding carboxylic acids is 3. The number of nitrogens with zero attached hydrogens (tertiary/aromatic N) is 3. The first-order valence-corrected chi connectivity index (χ1v) is 16.3. The number of likely N-dealkylation sites (N-methyl/N-ethyl adjacent to an activating group) is 2. The van der Waals surface area contributed by atoms with Crippen molar-refractivity contribution < 1.29 is 19.1 Å². The van der Waals surface area contributed by atoms with Crippen LogP contribution in [0.15, 0.2) is 28.9 Å². The van der Waals surface area contributed by atoms with Crippen LogP contribution in [0.25, 0.3) is 16.5 Å². The molecule has 0 saturated carbocycles. The molecule has 43 heavy (non-hydrogen) atoms. The van der Waals surface area contributed by atoms with E-state index in [1.165, 1.54) is 15.8 Å². The molecule has 5 atom stereocenters. The highest BCUT2D eigenvalue weighted by atomic mass is 79.9. The number of aromatic amines is 1. The molecule has 5 unspecified atom stereocenters. The SMILES string of the molecule is CC(C)C.CC(C)C1(NC(=O)C2C=C3c4cccc5[nH]c(Br)c(c45)CC3N(C)C2)OC(C2CCCN2C)N(CC=O)C1=O. The summed E-state index contributed by atoms with van der Waals surface area (Å²) in [4.78, 5) is 48.8. The number of rotatable bonds is 6. The zero-order chi connectivity index (χ0) is 31.2. The van der Waals surface area contributed by atoms with Crippen molar-refractivity contribution in [3.8, 4) is 0 Å². The lowest BCUT2D eigenvalue weighted by Gasteiger charge is -2.40. The van der Waals surface area contributed by atoms with Crippen molar-refractivity contribution in [1.29, 1.82) is 0 Å².